The Balaban J connectivity index is 3.24. The summed E-state index contributed by atoms with van der Waals surface area (Å²) in [5, 5.41) is 3.20. The quantitative estimate of drug-likeness (QED) is 0.584. The zero-order chi connectivity index (χ0) is 14.6. The van der Waals surface area contributed by atoms with Crippen LogP contribution in [0.1, 0.15) is 9.67 Å². The van der Waals surface area contributed by atoms with E-state index in [0.29, 0.717) is 18.2 Å². The number of ether oxygens (including phenoxy) is 2. The van der Waals surface area contributed by atoms with Crippen LogP contribution in [0.5, 0.6) is 0 Å². The first-order chi connectivity index (χ1) is 8.82. The molecule has 9 heteroatoms. The summed E-state index contributed by atoms with van der Waals surface area (Å²) in [6, 6.07) is 0. The highest BCUT2D eigenvalue weighted by Gasteiger charge is 2.27. The molecule has 1 aromatic rings. The van der Waals surface area contributed by atoms with Crippen molar-refractivity contribution in [3.63, 3.8) is 0 Å². The third-order valence-electron chi connectivity index (χ3n) is 2.23. The fourth-order valence-electron chi connectivity index (χ4n) is 1.42. The summed E-state index contributed by atoms with van der Waals surface area (Å²) in [5.74, 6) is -0.660. The number of nitrogens with one attached hydrogen (secondary N) is 1. The second kappa shape index (κ2) is 6.22. The molecule has 1 aromatic heterocycles. The molecular formula is C10H16N2O5S2. The molecule has 0 saturated heterocycles. The van der Waals surface area contributed by atoms with Crippen LogP contribution in [0.2, 0.25) is 0 Å². The molecule has 0 unspecified atom stereocenters. The van der Waals surface area contributed by atoms with Gasteiger partial charge in [-0.15, -0.1) is 11.3 Å². The number of thiophene rings is 1. The third-order valence-corrected chi connectivity index (χ3v) is 4.67. The molecule has 0 aromatic carbocycles. The number of hydrogen-bond acceptors (Lipinski definition) is 8. The maximum Gasteiger partial charge on any atom is 0.350 e. The molecule has 108 valence electrons. The summed E-state index contributed by atoms with van der Waals surface area (Å²) >= 11 is 0.951. The number of carbonyl (C=O) groups excluding carboxylic acids is 1. The average Bonchev–Trinajstić information content (AvgIpc) is 2.65. The Morgan fingerprint density at radius 2 is 2.05 bits per heavy atom. The number of anilines is 2. The second-order valence-electron chi connectivity index (χ2n) is 3.69. The van der Waals surface area contributed by atoms with E-state index in [9.17, 15) is 13.2 Å². The molecule has 0 saturated carbocycles. The molecular weight excluding hydrogens is 292 g/mol. The highest BCUT2D eigenvalue weighted by atomic mass is 32.2. The van der Waals surface area contributed by atoms with Crippen molar-refractivity contribution in [2.24, 2.45) is 0 Å². The largest absolute Gasteiger partial charge is 0.465 e. The normalized spacial score (nSPS) is 11.3. The van der Waals surface area contributed by atoms with Crippen molar-refractivity contribution in [3.05, 3.63) is 4.88 Å². The molecule has 3 N–H and O–H groups in total. The number of nitrogen functional groups attached to an aromatic ring is 1. The molecule has 0 atom stereocenters. The fourth-order valence-corrected chi connectivity index (χ4v) is 3.94. The van der Waals surface area contributed by atoms with E-state index < -0.39 is 15.8 Å². The van der Waals surface area contributed by atoms with Crippen LogP contribution >= 0.6 is 11.3 Å². The average molecular weight is 308 g/mol. The summed E-state index contributed by atoms with van der Waals surface area (Å²) in [6.45, 7) is 0.800. The number of nitrogens with two attached hydrogens (primary N) is 1. The molecule has 7 nitrogen and oxygen atoms in total. The van der Waals surface area contributed by atoms with Gasteiger partial charge >= 0.3 is 5.97 Å². The predicted molar refractivity (Wildman–Crippen MR) is 73.5 cm³/mol. The fraction of sp³-hybridized carbons (Fsp3) is 0.500. The van der Waals surface area contributed by atoms with Crippen LogP contribution in [0, 0.1) is 0 Å². The number of methoxy groups -OCH3 is 2. The SMILES string of the molecule is COCCNc1sc(C(=O)OC)c(N)c1S(C)(=O)=O. The number of hydrogen-bond donors (Lipinski definition) is 2. The van der Waals surface area contributed by atoms with Crippen LogP contribution in [0.3, 0.4) is 0 Å². The van der Waals surface area contributed by atoms with Gasteiger partial charge in [0.15, 0.2) is 9.84 Å². The van der Waals surface area contributed by atoms with Gasteiger partial charge in [-0.3, -0.25) is 0 Å². The van der Waals surface area contributed by atoms with Crippen molar-refractivity contribution < 1.29 is 22.7 Å². The lowest BCUT2D eigenvalue weighted by Crippen LogP contribution is -2.10. The maximum atomic E-state index is 11.7. The first-order valence-corrected chi connectivity index (χ1v) is 7.97. The van der Waals surface area contributed by atoms with Crippen molar-refractivity contribution in [3.8, 4) is 0 Å². The third kappa shape index (κ3) is 3.58. The van der Waals surface area contributed by atoms with E-state index in [1.54, 1.807) is 0 Å². The summed E-state index contributed by atoms with van der Waals surface area (Å²) < 4.78 is 32.9. The smallest absolute Gasteiger partial charge is 0.350 e. The molecule has 0 fully saturated rings. The van der Waals surface area contributed by atoms with Crippen LogP contribution in [-0.4, -0.2) is 48.0 Å². The number of rotatable bonds is 6. The monoisotopic (exact) mass is 308 g/mol. The van der Waals surface area contributed by atoms with E-state index in [1.165, 1.54) is 14.2 Å². The van der Waals surface area contributed by atoms with Gasteiger partial charge in [-0.05, 0) is 0 Å². The molecule has 0 spiro atoms. The Morgan fingerprint density at radius 3 is 2.53 bits per heavy atom. The van der Waals surface area contributed by atoms with E-state index in [2.05, 4.69) is 10.1 Å². The lowest BCUT2D eigenvalue weighted by atomic mass is 10.4. The Labute approximate surface area is 115 Å². The van der Waals surface area contributed by atoms with Gasteiger partial charge in [0.05, 0.1) is 19.4 Å². The Bertz CT molecular complexity index is 565. The van der Waals surface area contributed by atoms with E-state index in [-0.39, 0.29) is 15.5 Å². The first kappa shape index (κ1) is 15.7. The highest BCUT2D eigenvalue weighted by molar-refractivity contribution is 7.91. The van der Waals surface area contributed by atoms with Crippen molar-refractivity contribution in [2.45, 2.75) is 4.90 Å². The summed E-state index contributed by atoms with van der Waals surface area (Å²) in [4.78, 5) is 11.5. The number of esters is 1. The molecule has 0 radical (unpaired) electrons. The minimum Gasteiger partial charge on any atom is -0.465 e. The number of carbonyl (C=O) groups is 1. The van der Waals surface area contributed by atoms with Crippen LogP contribution in [0.15, 0.2) is 4.90 Å². The van der Waals surface area contributed by atoms with Gasteiger partial charge in [0.25, 0.3) is 0 Å². The molecule has 0 aliphatic carbocycles. The van der Waals surface area contributed by atoms with E-state index >= 15 is 0 Å². The van der Waals surface area contributed by atoms with Crippen molar-refractivity contribution in [2.75, 3.05) is 44.7 Å². The first-order valence-electron chi connectivity index (χ1n) is 5.26. The molecule has 0 aliphatic heterocycles. The van der Waals surface area contributed by atoms with Gasteiger partial charge in [0, 0.05) is 19.9 Å². The van der Waals surface area contributed by atoms with Crippen LogP contribution in [0.25, 0.3) is 0 Å². The van der Waals surface area contributed by atoms with Gasteiger partial charge in [-0.2, -0.15) is 0 Å². The standard InChI is InChI=1S/C10H16N2O5S2/c1-16-5-4-12-9-8(19(3,14)15)6(11)7(18-9)10(13)17-2/h12H,4-5,11H2,1-3H3. The molecule has 1 heterocycles. The van der Waals surface area contributed by atoms with E-state index in [0.717, 1.165) is 17.6 Å². The van der Waals surface area contributed by atoms with Crippen molar-refractivity contribution in [1.29, 1.82) is 0 Å². The molecule has 19 heavy (non-hydrogen) atoms. The molecule has 1 rings (SSSR count). The van der Waals surface area contributed by atoms with Crippen LogP contribution in [0.4, 0.5) is 10.7 Å². The van der Waals surface area contributed by atoms with E-state index in [4.69, 9.17) is 10.5 Å². The summed E-state index contributed by atoms with van der Waals surface area (Å²) in [5.41, 5.74) is 5.65. The minimum atomic E-state index is -3.55. The summed E-state index contributed by atoms with van der Waals surface area (Å²) in [7, 11) is -0.810. The lowest BCUT2D eigenvalue weighted by Gasteiger charge is -2.05. The molecule has 0 aliphatic rings. The van der Waals surface area contributed by atoms with Gasteiger partial charge in [0.1, 0.15) is 14.8 Å². The lowest BCUT2D eigenvalue weighted by molar-refractivity contribution is 0.0607. The van der Waals surface area contributed by atoms with Crippen LogP contribution in [-0.2, 0) is 19.3 Å². The zero-order valence-electron chi connectivity index (χ0n) is 10.8. The summed E-state index contributed by atoms with van der Waals surface area (Å²) in [6.07, 6.45) is 1.04. The van der Waals surface area contributed by atoms with E-state index in [1.807, 2.05) is 0 Å². The predicted octanol–water partition coefficient (Wildman–Crippen LogP) is 0.579. The van der Waals surface area contributed by atoms with Gasteiger partial charge in [0.2, 0.25) is 0 Å². The van der Waals surface area contributed by atoms with Gasteiger partial charge in [-0.1, -0.05) is 0 Å². The highest BCUT2D eigenvalue weighted by Crippen LogP contribution is 2.39. The minimum absolute atomic E-state index is 0.0721. The Kier molecular flexibility index (Phi) is 5.15. The van der Waals surface area contributed by atoms with Crippen LogP contribution < -0.4 is 11.1 Å². The number of sulfone groups is 1. The topological polar surface area (TPSA) is 108 Å². The Morgan fingerprint density at radius 1 is 1.42 bits per heavy atom. The zero-order valence-corrected chi connectivity index (χ0v) is 12.5. The van der Waals surface area contributed by atoms with Crippen molar-refractivity contribution >= 4 is 37.8 Å². The second-order valence-corrected chi connectivity index (χ2v) is 6.66. The Hall–Kier alpha value is -1.32. The van der Waals surface area contributed by atoms with Gasteiger partial charge < -0.3 is 20.5 Å². The molecule has 0 bridgehead atoms. The molecule has 0 amide bonds. The maximum absolute atomic E-state index is 11.7. The van der Waals surface area contributed by atoms with Gasteiger partial charge in [-0.25, -0.2) is 13.2 Å². The van der Waals surface area contributed by atoms with Crippen molar-refractivity contribution in [1.82, 2.24) is 0 Å².